The Morgan fingerprint density at radius 2 is 1.50 bits per heavy atom. The summed E-state index contributed by atoms with van der Waals surface area (Å²) < 4.78 is 0. The second-order valence-corrected chi connectivity index (χ2v) is 6.62. The summed E-state index contributed by atoms with van der Waals surface area (Å²) >= 11 is 0. The highest BCUT2D eigenvalue weighted by molar-refractivity contribution is 5.13. The van der Waals surface area contributed by atoms with Gasteiger partial charge in [0.05, 0.1) is 5.54 Å². The lowest BCUT2D eigenvalue weighted by Crippen LogP contribution is -2.94. The minimum Gasteiger partial charge on any atom is -0.338 e. The molecule has 0 aliphatic heterocycles. The molecule has 0 atom stereocenters. The van der Waals surface area contributed by atoms with Gasteiger partial charge in [-0.05, 0) is 19.3 Å². The Morgan fingerprint density at radius 3 is 2.00 bits per heavy atom. The van der Waals surface area contributed by atoms with Gasteiger partial charge in [-0.25, -0.2) is 0 Å². The molecule has 1 rings (SSSR count). The zero-order valence-electron chi connectivity index (χ0n) is 11.4. The lowest BCUT2D eigenvalue weighted by molar-refractivity contribution is -0.737. The first kappa shape index (κ1) is 13.2. The molecule has 0 unspecified atom stereocenters. The molecule has 0 aliphatic rings. The zero-order chi connectivity index (χ0) is 12.2. The maximum Gasteiger partial charge on any atom is 0.102 e. The zero-order valence-corrected chi connectivity index (χ0v) is 11.4. The number of hydrogen-bond donors (Lipinski definition) is 1. The molecule has 1 aromatic rings. The molecule has 0 saturated carbocycles. The Kier molecular flexibility index (Phi) is 4.15. The van der Waals surface area contributed by atoms with E-state index in [2.05, 4.69) is 70.3 Å². The Hall–Kier alpha value is -0.820. The van der Waals surface area contributed by atoms with Gasteiger partial charge >= 0.3 is 0 Å². The van der Waals surface area contributed by atoms with Crippen LogP contribution in [0.15, 0.2) is 30.3 Å². The van der Waals surface area contributed by atoms with Gasteiger partial charge in [0.25, 0.3) is 0 Å². The van der Waals surface area contributed by atoms with Crippen molar-refractivity contribution in [1.29, 1.82) is 0 Å². The molecule has 0 heterocycles. The lowest BCUT2D eigenvalue weighted by atomic mass is 9.82. The van der Waals surface area contributed by atoms with E-state index in [1.54, 1.807) is 0 Å². The summed E-state index contributed by atoms with van der Waals surface area (Å²) in [5.41, 5.74) is 2.12. The summed E-state index contributed by atoms with van der Waals surface area (Å²) in [6.07, 6.45) is 1.23. The molecule has 0 spiro atoms. The fraction of sp³-hybridized carbons (Fsp3) is 0.600. The van der Waals surface area contributed by atoms with Gasteiger partial charge in [-0.3, -0.25) is 0 Å². The fourth-order valence-electron chi connectivity index (χ4n) is 2.45. The SMILES string of the molecule is CC(C)(C)CC(C)(C)[NH2+]Cc1ccccc1. The molecule has 1 heteroatoms. The molecule has 0 aliphatic carbocycles. The first-order valence-corrected chi connectivity index (χ1v) is 6.17. The van der Waals surface area contributed by atoms with E-state index in [9.17, 15) is 0 Å². The molecule has 2 N–H and O–H groups in total. The predicted molar refractivity (Wildman–Crippen MR) is 70.2 cm³/mol. The van der Waals surface area contributed by atoms with Gasteiger partial charge in [-0.15, -0.1) is 0 Å². The van der Waals surface area contributed by atoms with Crippen LogP contribution in [0, 0.1) is 5.41 Å². The minimum atomic E-state index is 0.314. The third kappa shape index (κ3) is 5.32. The van der Waals surface area contributed by atoms with Crippen LogP contribution in [0.3, 0.4) is 0 Å². The fourth-order valence-corrected chi connectivity index (χ4v) is 2.45. The second kappa shape index (κ2) is 5.01. The quantitative estimate of drug-likeness (QED) is 0.803. The third-order valence-electron chi connectivity index (χ3n) is 2.72. The number of hydrogen-bond acceptors (Lipinski definition) is 0. The van der Waals surface area contributed by atoms with Crippen molar-refractivity contribution < 1.29 is 5.32 Å². The van der Waals surface area contributed by atoms with Gasteiger partial charge in [0.2, 0.25) is 0 Å². The molecule has 0 saturated heterocycles. The lowest BCUT2D eigenvalue weighted by Gasteiger charge is -2.30. The highest BCUT2D eigenvalue weighted by Crippen LogP contribution is 2.24. The van der Waals surface area contributed by atoms with E-state index in [0.717, 1.165) is 6.54 Å². The molecule has 1 aromatic carbocycles. The summed E-state index contributed by atoms with van der Waals surface area (Å²) in [6.45, 7) is 12.7. The Morgan fingerprint density at radius 1 is 0.938 bits per heavy atom. The van der Waals surface area contributed by atoms with Gasteiger partial charge in [0.1, 0.15) is 6.54 Å². The Bertz CT molecular complexity index is 306. The van der Waals surface area contributed by atoms with E-state index in [1.165, 1.54) is 12.0 Å². The number of quaternary nitrogens is 1. The first-order chi connectivity index (χ1) is 7.29. The normalized spacial score (nSPS) is 12.8. The maximum absolute atomic E-state index is 2.45. The van der Waals surface area contributed by atoms with Gasteiger partial charge in [-0.2, -0.15) is 0 Å². The van der Waals surface area contributed by atoms with E-state index >= 15 is 0 Å². The Labute approximate surface area is 100 Å². The summed E-state index contributed by atoms with van der Waals surface area (Å²) in [6, 6.07) is 10.7. The highest BCUT2D eigenvalue weighted by atomic mass is 14.9. The molecule has 0 aromatic heterocycles. The first-order valence-electron chi connectivity index (χ1n) is 6.17. The monoisotopic (exact) mass is 220 g/mol. The molecular formula is C15H26N+. The van der Waals surface area contributed by atoms with E-state index in [0.29, 0.717) is 11.0 Å². The molecule has 0 amide bonds. The predicted octanol–water partition coefficient (Wildman–Crippen LogP) is 2.96. The van der Waals surface area contributed by atoms with Crippen LogP contribution in [-0.2, 0) is 6.54 Å². The summed E-state index contributed by atoms with van der Waals surface area (Å²) in [7, 11) is 0. The van der Waals surface area contributed by atoms with Crippen molar-refractivity contribution in [3.05, 3.63) is 35.9 Å². The minimum absolute atomic E-state index is 0.314. The van der Waals surface area contributed by atoms with Gasteiger partial charge in [0, 0.05) is 12.0 Å². The molecule has 16 heavy (non-hydrogen) atoms. The third-order valence-corrected chi connectivity index (χ3v) is 2.72. The number of rotatable bonds is 4. The van der Waals surface area contributed by atoms with Crippen molar-refractivity contribution in [3.8, 4) is 0 Å². The highest BCUT2D eigenvalue weighted by Gasteiger charge is 2.27. The second-order valence-electron chi connectivity index (χ2n) is 6.62. The largest absolute Gasteiger partial charge is 0.338 e. The van der Waals surface area contributed by atoms with Crippen molar-refractivity contribution >= 4 is 0 Å². The summed E-state index contributed by atoms with van der Waals surface area (Å²) in [4.78, 5) is 0. The van der Waals surface area contributed by atoms with Crippen LogP contribution in [0.5, 0.6) is 0 Å². The van der Waals surface area contributed by atoms with E-state index in [-0.39, 0.29) is 0 Å². The van der Waals surface area contributed by atoms with Crippen LogP contribution in [0.2, 0.25) is 0 Å². The molecule has 90 valence electrons. The molecule has 0 fully saturated rings. The molecule has 0 radical (unpaired) electrons. The average Bonchev–Trinajstić information content (AvgIpc) is 2.13. The molecule has 0 bridgehead atoms. The number of nitrogens with two attached hydrogens (primary N) is 1. The summed E-state index contributed by atoms with van der Waals surface area (Å²) in [5, 5.41) is 2.45. The Balaban J connectivity index is 2.48. The topological polar surface area (TPSA) is 16.6 Å². The maximum atomic E-state index is 2.45. The molecule has 1 nitrogen and oxygen atoms in total. The van der Waals surface area contributed by atoms with E-state index in [1.807, 2.05) is 0 Å². The van der Waals surface area contributed by atoms with Gasteiger partial charge in [0.15, 0.2) is 0 Å². The smallest absolute Gasteiger partial charge is 0.102 e. The van der Waals surface area contributed by atoms with Crippen LogP contribution in [-0.4, -0.2) is 5.54 Å². The van der Waals surface area contributed by atoms with Crippen LogP contribution in [0.25, 0.3) is 0 Å². The molecular weight excluding hydrogens is 194 g/mol. The van der Waals surface area contributed by atoms with E-state index in [4.69, 9.17) is 0 Å². The van der Waals surface area contributed by atoms with Crippen molar-refractivity contribution in [3.63, 3.8) is 0 Å². The van der Waals surface area contributed by atoms with Crippen molar-refractivity contribution in [2.45, 2.75) is 53.1 Å². The van der Waals surface area contributed by atoms with Crippen LogP contribution in [0.1, 0.15) is 46.6 Å². The summed E-state index contributed by atoms with van der Waals surface area (Å²) in [5.74, 6) is 0. The standard InChI is InChI=1S/C15H25N/c1-14(2,3)12-15(4,5)16-11-13-9-7-6-8-10-13/h6-10,16H,11-12H2,1-5H3/p+1. The average molecular weight is 220 g/mol. The van der Waals surface area contributed by atoms with Gasteiger partial charge < -0.3 is 5.32 Å². The van der Waals surface area contributed by atoms with Crippen molar-refractivity contribution in [2.75, 3.05) is 0 Å². The van der Waals surface area contributed by atoms with Crippen LogP contribution >= 0.6 is 0 Å². The van der Waals surface area contributed by atoms with Crippen molar-refractivity contribution in [1.82, 2.24) is 0 Å². The number of benzene rings is 1. The van der Waals surface area contributed by atoms with Crippen LogP contribution in [0.4, 0.5) is 0 Å². The van der Waals surface area contributed by atoms with Gasteiger partial charge in [-0.1, -0.05) is 51.1 Å². The van der Waals surface area contributed by atoms with Crippen molar-refractivity contribution in [2.24, 2.45) is 5.41 Å². The van der Waals surface area contributed by atoms with E-state index < -0.39 is 0 Å². The van der Waals surface area contributed by atoms with Crippen LogP contribution < -0.4 is 5.32 Å².